The number of guanidine groups is 1. The summed E-state index contributed by atoms with van der Waals surface area (Å²) in [6, 6.07) is 0. The van der Waals surface area contributed by atoms with Gasteiger partial charge in [0.1, 0.15) is 0 Å². The van der Waals surface area contributed by atoms with E-state index in [9.17, 15) is 9.59 Å². The van der Waals surface area contributed by atoms with Crippen LogP contribution in [0.3, 0.4) is 0 Å². The molecule has 0 unspecified atom stereocenters. The molecule has 1 aliphatic heterocycles. The van der Waals surface area contributed by atoms with Gasteiger partial charge in [-0.25, -0.2) is 0 Å². The molecule has 0 radical (unpaired) electrons. The van der Waals surface area contributed by atoms with Gasteiger partial charge in [-0.3, -0.25) is 9.59 Å². The highest BCUT2D eigenvalue weighted by Crippen LogP contribution is 2.02. The fourth-order valence-corrected chi connectivity index (χ4v) is 0.606. The van der Waals surface area contributed by atoms with Gasteiger partial charge in [0.05, 0.1) is 0 Å². The van der Waals surface area contributed by atoms with Crippen LogP contribution in [-0.2, 0) is 9.59 Å². The van der Waals surface area contributed by atoms with Crippen molar-refractivity contribution in [2.45, 2.75) is 0 Å². The predicted molar refractivity (Wildman–Crippen MR) is 36.8 cm³/mol. The monoisotopic (exact) mass is 154 g/mol. The Labute approximate surface area is 62.1 Å². The third-order valence-corrected chi connectivity index (χ3v) is 1.00. The lowest BCUT2D eigenvalue weighted by atomic mass is 10.6. The van der Waals surface area contributed by atoms with Crippen LogP contribution in [0.1, 0.15) is 0 Å². The van der Waals surface area contributed by atoms with Crippen LogP contribution in [0.25, 0.3) is 0 Å². The molecule has 0 aromatic carbocycles. The Kier molecular flexibility index (Phi) is 1.59. The number of imide groups is 1. The van der Waals surface area contributed by atoms with Crippen LogP contribution < -0.4 is 11.5 Å². The minimum absolute atomic E-state index is 0.324. The first-order valence-corrected chi connectivity index (χ1v) is 2.77. The molecular formula is C5H6N4O2. The summed E-state index contributed by atoms with van der Waals surface area (Å²) in [6.45, 7) is 0. The van der Waals surface area contributed by atoms with Crippen molar-refractivity contribution in [2.75, 3.05) is 0 Å². The molecule has 0 spiro atoms. The SMILES string of the molecule is NC(N)=NN1C(=O)C=CC1=O. The van der Waals surface area contributed by atoms with Gasteiger partial charge in [-0.05, 0) is 0 Å². The van der Waals surface area contributed by atoms with E-state index in [0.717, 1.165) is 12.2 Å². The first kappa shape index (κ1) is 7.26. The van der Waals surface area contributed by atoms with E-state index in [0.29, 0.717) is 5.01 Å². The van der Waals surface area contributed by atoms with Gasteiger partial charge in [0, 0.05) is 12.2 Å². The van der Waals surface area contributed by atoms with E-state index < -0.39 is 11.8 Å². The minimum atomic E-state index is -0.539. The maximum absolute atomic E-state index is 10.7. The molecule has 1 aliphatic rings. The van der Waals surface area contributed by atoms with Gasteiger partial charge in [0.15, 0.2) is 0 Å². The summed E-state index contributed by atoms with van der Waals surface area (Å²) in [6.07, 6.45) is 2.18. The molecule has 0 aromatic heterocycles. The maximum Gasteiger partial charge on any atom is 0.274 e. The second-order valence-corrected chi connectivity index (χ2v) is 1.85. The van der Waals surface area contributed by atoms with Crippen molar-refractivity contribution in [3.05, 3.63) is 12.2 Å². The summed E-state index contributed by atoms with van der Waals surface area (Å²) in [5.41, 5.74) is 9.90. The van der Waals surface area contributed by atoms with E-state index in [-0.39, 0.29) is 5.96 Å². The Bertz CT molecular complexity index is 246. The number of nitrogens with two attached hydrogens (primary N) is 2. The Hall–Kier alpha value is -1.85. The molecule has 0 aromatic rings. The van der Waals surface area contributed by atoms with E-state index in [1.165, 1.54) is 0 Å². The Morgan fingerprint density at radius 2 is 1.73 bits per heavy atom. The molecule has 0 saturated heterocycles. The van der Waals surface area contributed by atoms with Crippen molar-refractivity contribution >= 4 is 17.8 Å². The zero-order valence-electron chi connectivity index (χ0n) is 5.52. The summed E-state index contributed by atoms with van der Waals surface area (Å²) in [5.74, 6) is -1.40. The summed E-state index contributed by atoms with van der Waals surface area (Å²) in [5, 5.41) is 3.88. The number of amides is 2. The van der Waals surface area contributed by atoms with Gasteiger partial charge in [-0.15, -0.1) is 5.10 Å². The largest absolute Gasteiger partial charge is 0.369 e. The van der Waals surface area contributed by atoms with E-state index in [1.807, 2.05) is 0 Å². The molecule has 2 amide bonds. The number of nitrogens with zero attached hydrogens (tertiary/aromatic N) is 2. The summed E-state index contributed by atoms with van der Waals surface area (Å²) >= 11 is 0. The molecule has 6 heteroatoms. The number of carbonyl (C=O) groups excluding carboxylic acids is 2. The first-order valence-electron chi connectivity index (χ1n) is 2.77. The van der Waals surface area contributed by atoms with E-state index in [1.54, 1.807) is 0 Å². The van der Waals surface area contributed by atoms with Gasteiger partial charge in [0.2, 0.25) is 5.96 Å². The number of rotatable bonds is 1. The van der Waals surface area contributed by atoms with Crippen molar-refractivity contribution in [1.29, 1.82) is 0 Å². The van der Waals surface area contributed by atoms with Gasteiger partial charge in [0.25, 0.3) is 11.8 Å². The average Bonchev–Trinajstić information content (AvgIpc) is 2.18. The zero-order chi connectivity index (χ0) is 8.43. The molecule has 0 bridgehead atoms. The summed E-state index contributed by atoms with van der Waals surface area (Å²) in [4.78, 5) is 21.4. The summed E-state index contributed by atoms with van der Waals surface area (Å²) < 4.78 is 0. The van der Waals surface area contributed by atoms with Gasteiger partial charge in [-0.2, -0.15) is 5.01 Å². The lowest BCUT2D eigenvalue weighted by Gasteiger charge is -2.04. The minimum Gasteiger partial charge on any atom is -0.369 e. The van der Waals surface area contributed by atoms with Gasteiger partial charge in [-0.1, -0.05) is 0 Å². The first-order chi connectivity index (χ1) is 5.11. The van der Waals surface area contributed by atoms with E-state index >= 15 is 0 Å². The second-order valence-electron chi connectivity index (χ2n) is 1.85. The fraction of sp³-hybridized carbons (Fsp3) is 0. The molecule has 6 nitrogen and oxygen atoms in total. The van der Waals surface area contributed by atoms with Crippen molar-refractivity contribution in [3.8, 4) is 0 Å². The third kappa shape index (κ3) is 1.34. The Morgan fingerprint density at radius 3 is 2.09 bits per heavy atom. The van der Waals surface area contributed by atoms with Crippen LogP contribution in [0.4, 0.5) is 0 Å². The molecule has 0 saturated carbocycles. The van der Waals surface area contributed by atoms with Crippen molar-refractivity contribution in [2.24, 2.45) is 16.6 Å². The van der Waals surface area contributed by atoms with Crippen LogP contribution in [0.5, 0.6) is 0 Å². The second kappa shape index (κ2) is 2.41. The Morgan fingerprint density at radius 1 is 1.27 bits per heavy atom. The normalized spacial score (nSPS) is 15.8. The van der Waals surface area contributed by atoms with Crippen LogP contribution in [0.15, 0.2) is 17.3 Å². The molecule has 4 N–H and O–H groups in total. The van der Waals surface area contributed by atoms with Crippen molar-refractivity contribution in [3.63, 3.8) is 0 Å². The predicted octanol–water partition coefficient (Wildman–Crippen LogP) is -1.90. The van der Waals surface area contributed by atoms with Gasteiger partial charge < -0.3 is 11.5 Å². The molecular weight excluding hydrogens is 148 g/mol. The van der Waals surface area contributed by atoms with Crippen LogP contribution >= 0.6 is 0 Å². The molecule has 0 atom stereocenters. The topological polar surface area (TPSA) is 102 Å². The smallest absolute Gasteiger partial charge is 0.274 e. The highest BCUT2D eigenvalue weighted by atomic mass is 16.2. The number of hydrogen-bond donors (Lipinski definition) is 2. The molecule has 1 heterocycles. The number of hydrogen-bond acceptors (Lipinski definition) is 3. The van der Waals surface area contributed by atoms with Crippen LogP contribution in [0, 0.1) is 0 Å². The fourth-order valence-electron chi connectivity index (χ4n) is 0.606. The number of hydrazone groups is 1. The quantitative estimate of drug-likeness (QED) is 0.261. The molecule has 0 fully saturated rings. The molecule has 58 valence electrons. The molecule has 1 rings (SSSR count). The molecule has 11 heavy (non-hydrogen) atoms. The van der Waals surface area contributed by atoms with Crippen LogP contribution in [0.2, 0.25) is 0 Å². The highest BCUT2D eigenvalue weighted by molar-refractivity contribution is 6.13. The van der Waals surface area contributed by atoms with Crippen LogP contribution in [-0.4, -0.2) is 22.8 Å². The van der Waals surface area contributed by atoms with Crippen molar-refractivity contribution < 1.29 is 9.59 Å². The van der Waals surface area contributed by atoms with E-state index in [2.05, 4.69) is 5.10 Å². The number of carbonyl (C=O) groups is 2. The average molecular weight is 154 g/mol. The third-order valence-electron chi connectivity index (χ3n) is 1.00. The standard InChI is InChI=1S/C5H6N4O2/c6-5(7)8-9-3(10)1-2-4(9)11/h1-2H,(H4,6,7,8). The molecule has 0 aliphatic carbocycles. The Balaban J connectivity index is 2.83. The zero-order valence-corrected chi connectivity index (χ0v) is 5.52. The van der Waals surface area contributed by atoms with Gasteiger partial charge >= 0.3 is 0 Å². The van der Waals surface area contributed by atoms with Crippen molar-refractivity contribution in [1.82, 2.24) is 5.01 Å². The maximum atomic E-state index is 10.7. The van der Waals surface area contributed by atoms with E-state index in [4.69, 9.17) is 11.5 Å². The lowest BCUT2D eigenvalue weighted by molar-refractivity contribution is -0.136. The highest BCUT2D eigenvalue weighted by Gasteiger charge is 2.22. The lowest BCUT2D eigenvalue weighted by Crippen LogP contribution is -2.32. The summed E-state index contributed by atoms with van der Waals surface area (Å²) in [7, 11) is 0.